The van der Waals surface area contributed by atoms with Gasteiger partial charge in [-0.25, -0.2) is 4.79 Å². The van der Waals surface area contributed by atoms with E-state index in [4.69, 9.17) is 9.47 Å². The van der Waals surface area contributed by atoms with E-state index in [1.165, 1.54) is 4.90 Å². The van der Waals surface area contributed by atoms with Crippen molar-refractivity contribution in [3.8, 4) is 0 Å². The van der Waals surface area contributed by atoms with Crippen LogP contribution in [0, 0.1) is 5.92 Å². The first-order chi connectivity index (χ1) is 18.5. The number of nitrogens with one attached hydrogen (secondary N) is 1. The fourth-order valence-electron chi connectivity index (χ4n) is 3.95. The van der Waals surface area contributed by atoms with Crippen LogP contribution in [0.25, 0.3) is 0 Å². The number of cyclic esters (lactones) is 1. The van der Waals surface area contributed by atoms with Crippen LogP contribution in [0.15, 0.2) is 72.8 Å². The molecule has 2 N–H and O–H groups in total. The summed E-state index contributed by atoms with van der Waals surface area (Å²) in [5, 5.41) is 12.1. The minimum Gasteiger partial charge on any atom is -0.463 e. The first kappa shape index (κ1) is 28.6. The highest BCUT2D eigenvalue weighted by atomic mass is 16.6. The molecule has 2 aromatic carbocycles. The topological polar surface area (TPSA) is 122 Å². The second-order valence-corrected chi connectivity index (χ2v) is 9.01. The Bertz CT molecular complexity index is 1090. The highest BCUT2D eigenvalue weighted by Crippen LogP contribution is 2.16. The van der Waals surface area contributed by atoms with Gasteiger partial charge in [-0.2, -0.15) is 0 Å². The van der Waals surface area contributed by atoms with Crippen LogP contribution in [0.4, 0.5) is 0 Å². The number of carbonyl (C=O) groups is 4. The van der Waals surface area contributed by atoms with Crippen molar-refractivity contribution in [3.05, 3.63) is 83.9 Å². The Kier molecular flexibility index (Phi) is 11.5. The Morgan fingerprint density at radius 2 is 1.68 bits per heavy atom. The molecule has 1 heterocycles. The summed E-state index contributed by atoms with van der Waals surface area (Å²) in [4.78, 5) is 52.8. The molecular weight excluding hydrogens is 488 g/mol. The van der Waals surface area contributed by atoms with Gasteiger partial charge in [-0.05, 0) is 24.0 Å². The van der Waals surface area contributed by atoms with Crippen LogP contribution in [0.5, 0.6) is 0 Å². The summed E-state index contributed by atoms with van der Waals surface area (Å²) >= 11 is 0. The van der Waals surface area contributed by atoms with E-state index in [-0.39, 0.29) is 51.5 Å². The number of carbonyl (C=O) groups excluding carboxylic acids is 4. The average Bonchev–Trinajstić information content (AvgIpc) is 2.93. The number of esters is 2. The Balaban J connectivity index is 1.71. The number of allylic oxidation sites excluding steroid dienone is 2. The van der Waals surface area contributed by atoms with Gasteiger partial charge in [0.15, 0.2) is 6.04 Å². The zero-order valence-corrected chi connectivity index (χ0v) is 21.3. The summed E-state index contributed by atoms with van der Waals surface area (Å²) in [5.74, 6) is -2.81. The molecule has 2 aromatic rings. The summed E-state index contributed by atoms with van der Waals surface area (Å²) in [6.45, 7) is -0.152. The van der Waals surface area contributed by atoms with E-state index in [0.29, 0.717) is 13.0 Å². The van der Waals surface area contributed by atoms with Gasteiger partial charge in [-0.3, -0.25) is 14.4 Å². The summed E-state index contributed by atoms with van der Waals surface area (Å²) in [6, 6.07) is 17.2. The Hall–Kier alpha value is -3.98. The monoisotopic (exact) mass is 522 g/mol. The van der Waals surface area contributed by atoms with Crippen LogP contribution in [0.2, 0.25) is 0 Å². The predicted octanol–water partition coefficient (Wildman–Crippen LogP) is 2.53. The molecule has 1 aliphatic heterocycles. The van der Waals surface area contributed by atoms with Gasteiger partial charge in [-0.1, -0.05) is 72.8 Å². The van der Waals surface area contributed by atoms with E-state index in [0.717, 1.165) is 11.1 Å². The van der Waals surface area contributed by atoms with Crippen LogP contribution in [0.1, 0.15) is 36.8 Å². The van der Waals surface area contributed by atoms with E-state index in [2.05, 4.69) is 5.32 Å². The number of rotatable bonds is 9. The number of ether oxygens (including phenoxy) is 2. The predicted molar refractivity (Wildman–Crippen MR) is 139 cm³/mol. The smallest absolute Gasteiger partial charge is 0.332 e. The molecule has 2 amide bonds. The molecule has 0 saturated carbocycles. The Labute approximate surface area is 222 Å². The third kappa shape index (κ3) is 9.48. The van der Waals surface area contributed by atoms with Gasteiger partial charge in [0.05, 0.1) is 12.5 Å². The first-order valence-corrected chi connectivity index (χ1v) is 12.7. The SMILES string of the molecule is O=C1CCC=CC[C@H](CC(=O)N(CCO)Cc2ccccc2)C(=O)N[C@@H](C(=O)OCc2ccccc2)CO1. The number of hydrogen-bond acceptors (Lipinski definition) is 7. The Morgan fingerprint density at radius 1 is 1.00 bits per heavy atom. The number of aliphatic hydroxyl groups excluding tert-OH is 1. The third-order valence-electron chi connectivity index (χ3n) is 6.07. The molecule has 0 radical (unpaired) electrons. The minimum absolute atomic E-state index is 0.000246. The fraction of sp³-hybridized carbons (Fsp3) is 0.379. The molecule has 2 atom stereocenters. The summed E-state index contributed by atoms with van der Waals surface area (Å²) in [5.41, 5.74) is 1.67. The molecule has 9 nitrogen and oxygen atoms in total. The number of hydrogen-bond donors (Lipinski definition) is 2. The average molecular weight is 523 g/mol. The molecule has 0 aliphatic carbocycles. The summed E-state index contributed by atoms with van der Waals surface area (Å²) < 4.78 is 10.6. The molecular formula is C29H34N2O7. The van der Waals surface area contributed by atoms with E-state index >= 15 is 0 Å². The zero-order chi connectivity index (χ0) is 27.2. The van der Waals surface area contributed by atoms with Crippen LogP contribution < -0.4 is 5.32 Å². The zero-order valence-electron chi connectivity index (χ0n) is 21.3. The quantitative estimate of drug-likeness (QED) is 0.383. The molecule has 9 heteroatoms. The maximum atomic E-state index is 13.3. The van der Waals surface area contributed by atoms with Crippen molar-refractivity contribution in [1.29, 1.82) is 0 Å². The highest BCUT2D eigenvalue weighted by molar-refractivity contribution is 5.89. The van der Waals surface area contributed by atoms with Crippen molar-refractivity contribution >= 4 is 23.8 Å². The molecule has 1 aliphatic rings. The van der Waals surface area contributed by atoms with Gasteiger partial charge in [0, 0.05) is 25.9 Å². The number of benzene rings is 2. The summed E-state index contributed by atoms with van der Waals surface area (Å²) in [6.07, 6.45) is 4.19. The number of nitrogens with zero attached hydrogens (tertiary/aromatic N) is 1. The lowest BCUT2D eigenvalue weighted by atomic mass is 9.98. The lowest BCUT2D eigenvalue weighted by Gasteiger charge is -2.25. The van der Waals surface area contributed by atoms with Crippen molar-refractivity contribution in [2.75, 3.05) is 19.8 Å². The molecule has 3 rings (SSSR count). The molecule has 0 unspecified atom stereocenters. The molecule has 0 aromatic heterocycles. The van der Waals surface area contributed by atoms with Gasteiger partial charge >= 0.3 is 11.9 Å². The Morgan fingerprint density at radius 3 is 2.37 bits per heavy atom. The normalized spacial score (nSPS) is 18.3. The molecule has 202 valence electrons. The maximum absolute atomic E-state index is 13.3. The van der Waals surface area contributed by atoms with Gasteiger partial charge in [0.2, 0.25) is 11.8 Å². The largest absolute Gasteiger partial charge is 0.463 e. The van der Waals surface area contributed by atoms with E-state index in [1.807, 2.05) is 48.5 Å². The van der Waals surface area contributed by atoms with Crippen molar-refractivity contribution < 1.29 is 33.8 Å². The van der Waals surface area contributed by atoms with Gasteiger partial charge in [-0.15, -0.1) is 0 Å². The van der Waals surface area contributed by atoms with E-state index in [9.17, 15) is 24.3 Å². The second-order valence-electron chi connectivity index (χ2n) is 9.01. The molecule has 0 fully saturated rings. The summed E-state index contributed by atoms with van der Waals surface area (Å²) in [7, 11) is 0. The first-order valence-electron chi connectivity index (χ1n) is 12.7. The molecule has 0 bridgehead atoms. The number of amides is 2. The van der Waals surface area contributed by atoms with E-state index in [1.54, 1.807) is 24.3 Å². The molecule has 0 saturated heterocycles. The van der Waals surface area contributed by atoms with E-state index < -0.39 is 29.8 Å². The molecule has 38 heavy (non-hydrogen) atoms. The second kappa shape index (κ2) is 15.3. The van der Waals surface area contributed by atoms with Gasteiger partial charge in [0.25, 0.3) is 0 Å². The third-order valence-corrected chi connectivity index (χ3v) is 6.07. The van der Waals surface area contributed by atoms with Gasteiger partial charge in [0.1, 0.15) is 13.2 Å². The fourth-order valence-corrected chi connectivity index (χ4v) is 3.95. The minimum atomic E-state index is -1.21. The van der Waals surface area contributed by atoms with Crippen molar-refractivity contribution in [2.45, 2.75) is 44.9 Å². The van der Waals surface area contributed by atoms with Crippen molar-refractivity contribution in [3.63, 3.8) is 0 Å². The molecule has 0 spiro atoms. The van der Waals surface area contributed by atoms with Crippen LogP contribution >= 0.6 is 0 Å². The van der Waals surface area contributed by atoms with Crippen molar-refractivity contribution in [2.24, 2.45) is 5.92 Å². The highest BCUT2D eigenvalue weighted by Gasteiger charge is 2.30. The van der Waals surface area contributed by atoms with Crippen LogP contribution in [-0.4, -0.2) is 59.6 Å². The maximum Gasteiger partial charge on any atom is 0.332 e. The number of aliphatic hydroxyl groups is 1. The van der Waals surface area contributed by atoms with Crippen molar-refractivity contribution in [1.82, 2.24) is 10.2 Å². The van der Waals surface area contributed by atoms with Crippen LogP contribution in [-0.2, 0) is 41.8 Å². The standard InChI is InChI=1S/C29H34N2O7/c32-17-16-31(19-22-10-4-1-5-11-22)26(33)18-24-14-8-3-9-15-27(34)37-21-25(30-28(24)35)29(36)38-20-23-12-6-2-7-13-23/h1-8,10-13,24-25,32H,9,14-21H2,(H,30,35)/t24-,25-/m1/s1. The van der Waals surface area contributed by atoms with Crippen LogP contribution in [0.3, 0.4) is 0 Å². The lowest BCUT2D eigenvalue weighted by Crippen LogP contribution is -2.48. The lowest BCUT2D eigenvalue weighted by molar-refractivity contribution is -0.155. The van der Waals surface area contributed by atoms with Gasteiger partial charge < -0.3 is 24.8 Å².